The fourth-order valence-corrected chi connectivity index (χ4v) is 5.19. The molecule has 1 aliphatic heterocycles. The number of nitrogens with one attached hydrogen (secondary N) is 2. The minimum absolute atomic E-state index is 0.0264. The summed E-state index contributed by atoms with van der Waals surface area (Å²) in [6, 6.07) is 10.7. The molecule has 1 atom stereocenters. The number of rotatable bonds is 8. The van der Waals surface area contributed by atoms with Crippen molar-refractivity contribution in [1.82, 2.24) is 4.90 Å². The van der Waals surface area contributed by atoms with E-state index < -0.39 is 6.10 Å². The SMILES string of the molecule is CC(O)c1cc(Cl)c(NC(=O)N2CCN(c3ccc(NC(=O)CCCC4=CCCC=C4)cc3)CC2)c(Cl)c1. The molecule has 2 aliphatic rings. The maximum absolute atomic E-state index is 12.8. The molecule has 0 saturated carbocycles. The number of benzene rings is 2. The van der Waals surface area contributed by atoms with Crippen LogP contribution in [-0.2, 0) is 4.79 Å². The van der Waals surface area contributed by atoms with Crippen molar-refractivity contribution in [2.45, 2.75) is 45.1 Å². The Morgan fingerprint density at radius 1 is 1.00 bits per heavy atom. The van der Waals surface area contributed by atoms with Gasteiger partial charge >= 0.3 is 6.03 Å². The Bertz CT molecular complexity index is 1180. The highest BCUT2D eigenvalue weighted by atomic mass is 35.5. The predicted molar refractivity (Wildman–Crippen MR) is 155 cm³/mol. The van der Waals surface area contributed by atoms with Crippen LogP contribution in [0.3, 0.4) is 0 Å². The van der Waals surface area contributed by atoms with Gasteiger partial charge in [0.25, 0.3) is 0 Å². The zero-order valence-electron chi connectivity index (χ0n) is 21.6. The smallest absolute Gasteiger partial charge is 0.322 e. The van der Waals surface area contributed by atoms with Crippen molar-refractivity contribution in [3.8, 4) is 0 Å². The van der Waals surface area contributed by atoms with Crippen LogP contribution in [0.15, 0.2) is 60.2 Å². The Balaban J connectivity index is 1.23. The first-order valence-corrected chi connectivity index (χ1v) is 13.8. The number of carbonyl (C=O) groups excluding carboxylic acids is 2. The summed E-state index contributed by atoms with van der Waals surface area (Å²) in [6.07, 6.45) is 10.4. The standard InChI is InChI=1S/C29H34Cl2N4O3/c1-20(36)22-18-25(30)28(26(31)19-22)33-29(38)35-16-14-34(15-17-35)24-12-10-23(11-13-24)32-27(37)9-5-8-21-6-3-2-4-7-21/h3,6-7,10-13,18-20,36H,2,4-5,8-9,14-17H2,1H3,(H,32,37)(H,33,38). The zero-order chi connectivity index (χ0) is 27.1. The molecule has 0 aromatic heterocycles. The topological polar surface area (TPSA) is 84.9 Å². The first-order valence-electron chi connectivity index (χ1n) is 13.0. The molecule has 0 spiro atoms. The lowest BCUT2D eigenvalue weighted by atomic mass is 10.0. The maximum Gasteiger partial charge on any atom is 0.322 e. The number of allylic oxidation sites excluding steroid dienone is 4. The molecule has 3 N–H and O–H groups in total. The molecule has 9 heteroatoms. The minimum atomic E-state index is -0.708. The zero-order valence-corrected chi connectivity index (χ0v) is 23.1. The third-order valence-electron chi connectivity index (χ3n) is 6.80. The van der Waals surface area contributed by atoms with Crippen LogP contribution in [0.1, 0.15) is 50.7 Å². The molecular formula is C29H34Cl2N4O3. The number of hydrogen-bond donors (Lipinski definition) is 3. The Kier molecular flexibility index (Phi) is 9.72. The molecule has 4 rings (SSSR count). The summed E-state index contributed by atoms with van der Waals surface area (Å²) in [5, 5.41) is 16.1. The Morgan fingerprint density at radius 3 is 2.29 bits per heavy atom. The van der Waals surface area contributed by atoms with E-state index in [4.69, 9.17) is 23.2 Å². The fraction of sp³-hybridized carbons (Fsp3) is 0.379. The second kappa shape index (κ2) is 13.2. The molecular weight excluding hydrogens is 523 g/mol. The van der Waals surface area contributed by atoms with Crippen LogP contribution < -0.4 is 15.5 Å². The average molecular weight is 558 g/mol. The summed E-state index contributed by atoms with van der Waals surface area (Å²) in [5.41, 5.74) is 4.07. The Morgan fingerprint density at radius 2 is 1.68 bits per heavy atom. The summed E-state index contributed by atoms with van der Waals surface area (Å²) < 4.78 is 0. The van der Waals surface area contributed by atoms with E-state index in [2.05, 4.69) is 33.8 Å². The van der Waals surface area contributed by atoms with Gasteiger partial charge in [-0.2, -0.15) is 0 Å². The number of piperazine rings is 1. The van der Waals surface area contributed by atoms with Crippen molar-refractivity contribution in [2.24, 2.45) is 0 Å². The third-order valence-corrected chi connectivity index (χ3v) is 7.40. The van der Waals surface area contributed by atoms with Crippen molar-refractivity contribution in [1.29, 1.82) is 0 Å². The summed E-state index contributed by atoms with van der Waals surface area (Å²) in [7, 11) is 0. The number of carbonyl (C=O) groups is 2. The van der Waals surface area contributed by atoms with E-state index in [1.807, 2.05) is 24.3 Å². The molecule has 38 heavy (non-hydrogen) atoms. The van der Waals surface area contributed by atoms with Gasteiger partial charge in [-0.25, -0.2) is 4.79 Å². The maximum atomic E-state index is 12.8. The molecule has 1 aliphatic carbocycles. The van der Waals surface area contributed by atoms with Gasteiger partial charge in [0.1, 0.15) is 0 Å². The number of urea groups is 1. The van der Waals surface area contributed by atoms with E-state index in [1.54, 1.807) is 24.0 Å². The first-order chi connectivity index (χ1) is 18.3. The van der Waals surface area contributed by atoms with Crippen LogP contribution in [0, 0.1) is 0 Å². The van der Waals surface area contributed by atoms with Crippen molar-refractivity contribution in [3.05, 3.63) is 75.8 Å². The Hall–Kier alpha value is -3.00. The lowest BCUT2D eigenvalue weighted by Gasteiger charge is -2.36. The lowest BCUT2D eigenvalue weighted by molar-refractivity contribution is -0.116. The largest absolute Gasteiger partial charge is 0.389 e. The van der Waals surface area contributed by atoms with Crippen LogP contribution in [0.2, 0.25) is 10.0 Å². The van der Waals surface area contributed by atoms with E-state index in [0.717, 1.165) is 37.1 Å². The molecule has 1 heterocycles. The van der Waals surface area contributed by atoms with Crippen LogP contribution in [0.25, 0.3) is 0 Å². The summed E-state index contributed by atoms with van der Waals surface area (Å²) in [6.45, 7) is 4.05. The normalized spacial score (nSPS) is 16.2. The number of aliphatic hydroxyl groups excluding tert-OH is 1. The molecule has 1 fully saturated rings. The average Bonchev–Trinajstić information content (AvgIpc) is 2.91. The summed E-state index contributed by atoms with van der Waals surface area (Å²) >= 11 is 12.6. The highest BCUT2D eigenvalue weighted by Gasteiger charge is 2.23. The molecule has 2 aromatic rings. The summed E-state index contributed by atoms with van der Waals surface area (Å²) in [4.78, 5) is 29.1. The van der Waals surface area contributed by atoms with Gasteiger partial charge in [-0.1, -0.05) is 47.0 Å². The molecule has 7 nitrogen and oxygen atoms in total. The van der Waals surface area contributed by atoms with Crippen LogP contribution in [0.5, 0.6) is 0 Å². The third kappa shape index (κ3) is 7.53. The van der Waals surface area contributed by atoms with Gasteiger partial charge in [-0.05, 0) is 74.6 Å². The van der Waals surface area contributed by atoms with E-state index >= 15 is 0 Å². The van der Waals surface area contributed by atoms with Gasteiger partial charge in [-0.15, -0.1) is 0 Å². The second-order valence-corrected chi connectivity index (χ2v) is 10.5. The monoisotopic (exact) mass is 556 g/mol. The van der Waals surface area contributed by atoms with Crippen molar-refractivity contribution < 1.29 is 14.7 Å². The van der Waals surface area contributed by atoms with Crippen LogP contribution in [0.4, 0.5) is 21.9 Å². The number of anilines is 3. The molecule has 3 amide bonds. The number of amides is 3. The second-order valence-electron chi connectivity index (χ2n) is 9.65. The first kappa shape index (κ1) is 28.0. The molecule has 1 unspecified atom stereocenters. The quantitative estimate of drug-likeness (QED) is 0.334. The van der Waals surface area contributed by atoms with Gasteiger partial charge in [0.05, 0.1) is 21.8 Å². The number of nitrogens with zero attached hydrogens (tertiary/aromatic N) is 2. The van der Waals surface area contributed by atoms with E-state index in [-0.39, 0.29) is 22.0 Å². The van der Waals surface area contributed by atoms with Gasteiger partial charge in [0.15, 0.2) is 0 Å². The van der Waals surface area contributed by atoms with Crippen LogP contribution in [-0.4, -0.2) is 48.1 Å². The van der Waals surface area contributed by atoms with Crippen molar-refractivity contribution in [3.63, 3.8) is 0 Å². The van der Waals surface area contributed by atoms with Crippen molar-refractivity contribution >= 4 is 52.2 Å². The molecule has 0 radical (unpaired) electrons. The molecule has 2 aromatic carbocycles. The Labute approximate surface area is 234 Å². The van der Waals surface area contributed by atoms with Crippen LogP contribution >= 0.6 is 23.2 Å². The number of aliphatic hydroxyl groups is 1. The van der Waals surface area contributed by atoms with E-state index in [9.17, 15) is 14.7 Å². The highest BCUT2D eigenvalue weighted by molar-refractivity contribution is 6.39. The minimum Gasteiger partial charge on any atom is -0.389 e. The lowest BCUT2D eigenvalue weighted by Crippen LogP contribution is -2.50. The number of halogens is 2. The molecule has 202 valence electrons. The number of hydrogen-bond acceptors (Lipinski definition) is 4. The van der Waals surface area contributed by atoms with Gasteiger partial charge in [-0.3, -0.25) is 4.79 Å². The molecule has 0 bridgehead atoms. The van der Waals surface area contributed by atoms with E-state index in [1.165, 1.54) is 5.57 Å². The van der Waals surface area contributed by atoms with Gasteiger partial charge < -0.3 is 25.5 Å². The highest BCUT2D eigenvalue weighted by Crippen LogP contribution is 2.34. The molecule has 1 saturated heterocycles. The van der Waals surface area contributed by atoms with Gasteiger partial charge in [0, 0.05) is 44.0 Å². The summed E-state index contributed by atoms with van der Waals surface area (Å²) in [5.74, 6) is 0.0264. The van der Waals surface area contributed by atoms with E-state index in [0.29, 0.717) is 43.9 Å². The van der Waals surface area contributed by atoms with Crippen molar-refractivity contribution in [2.75, 3.05) is 41.7 Å². The van der Waals surface area contributed by atoms with Gasteiger partial charge in [0.2, 0.25) is 5.91 Å². The predicted octanol–water partition coefficient (Wildman–Crippen LogP) is 6.79. The fourth-order valence-electron chi connectivity index (χ4n) is 4.59.